The molecule has 7 nitrogen and oxygen atoms in total. The number of carbonyl (C=O) groups excluding carboxylic acids is 2. The zero-order chi connectivity index (χ0) is 17.7. The molecule has 0 saturated heterocycles. The van der Waals surface area contributed by atoms with Crippen LogP contribution in [0.1, 0.15) is 26.3 Å². The van der Waals surface area contributed by atoms with Gasteiger partial charge >= 0.3 is 5.97 Å². The lowest BCUT2D eigenvalue weighted by molar-refractivity contribution is -0.384. The van der Waals surface area contributed by atoms with Crippen molar-refractivity contribution >= 4 is 39.6 Å². The van der Waals surface area contributed by atoms with Crippen LogP contribution in [0.15, 0.2) is 40.9 Å². The Morgan fingerprint density at radius 2 is 2.12 bits per heavy atom. The second-order valence-corrected chi connectivity index (χ2v) is 5.63. The van der Waals surface area contributed by atoms with Crippen LogP contribution in [-0.2, 0) is 11.3 Å². The molecule has 2 rings (SSSR count). The number of para-hydroxylation sites is 1. The third-order valence-corrected chi connectivity index (χ3v) is 4.02. The van der Waals surface area contributed by atoms with Crippen molar-refractivity contribution in [3.05, 3.63) is 67.7 Å². The Morgan fingerprint density at radius 3 is 2.75 bits per heavy atom. The summed E-state index contributed by atoms with van der Waals surface area (Å²) >= 11 is 3.26. The molecule has 0 radical (unpaired) electrons. The second kappa shape index (κ2) is 7.69. The predicted molar refractivity (Wildman–Crippen MR) is 91.3 cm³/mol. The zero-order valence-electron chi connectivity index (χ0n) is 12.6. The molecule has 0 aromatic heterocycles. The molecule has 0 bridgehead atoms. The first-order valence-electron chi connectivity index (χ1n) is 6.81. The molecule has 2 aromatic rings. The first-order chi connectivity index (χ1) is 11.5. The molecule has 0 aliphatic heterocycles. The van der Waals surface area contributed by atoms with Gasteiger partial charge in [0, 0.05) is 22.6 Å². The summed E-state index contributed by atoms with van der Waals surface area (Å²) in [5, 5.41) is 14.1. The van der Waals surface area contributed by atoms with Gasteiger partial charge < -0.3 is 10.1 Å². The summed E-state index contributed by atoms with van der Waals surface area (Å²) in [7, 11) is 1.20. The number of benzene rings is 2. The Kier molecular flexibility index (Phi) is 5.64. The maximum Gasteiger partial charge on any atom is 0.340 e. The Morgan fingerprint density at radius 1 is 1.38 bits per heavy atom. The van der Waals surface area contributed by atoms with E-state index in [1.807, 2.05) is 0 Å². The number of nitro groups is 1. The summed E-state index contributed by atoms with van der Waals surface area (Å²) in [5.41, 5.74) is 1.11. The van der Waals surface area contributed by atoms with E-state index < -0.39 is 10.9 Å². The molecule has 0 unspecified atom stereocenters. The first kappa shape index (κ1) is 17.6. The van der Waals surface area contributed by atoms with Crippen LogP contribution in [0.3, 0.4) is 0 Å². The monoisotopic (exact) mass is 392 g/mol. The maximum absolute atomic E-state index is 11.8. The average Bonchev–Trinajstić information content (AvgIpc) is 2.59. The number of hydrogen-bond donors (Lipinski definition) is 1. The van der Waals surface area contributed by atoms with Crippen LogP contribution in [0.2, 0.25) is 0 Å². The normalized spacial score (nSPS) is 10.1. The van der Waals surface area contributed by atoms with Gasteiger partial charge in [0.05, 0.1) is 17.6 Å². The summed E-state index contributed by atoms with van der Waals surface area (Å²) in [4.78, 5) is 33.4. The van der Waals surface area contributed by atoms with Gasteiger partial charge in [0.1, 0.15) is 5.69 Å². The van der Waals surface area contributed by atoms with Crippen molar-refractivity contribution in [1.82, 2.24) is 0 Å². The maximum atomic E-state index is 11.8. The SMILES string of the molecule is COC(=O)c1cccc([N+](=O)[O-])c1NCc1ccc(Br)c(C=O)c1. The number of nitro benzene ring substituents is 1. The summed E-state index contributed by atoms with van der Waals surface area (Å²) in [5.74, 6) is -0.675. The number of nitrogens with zero attached hydrogens (tertiary/aromatic N) is 1. The highest BCUT2D eigenvalue weighted by Gasteiger charge is 2.22. The first-order valence-corrected chi connectivity index (χ1v) is 7.60. The number of methoxy groups -OCH3 is 1. The quantitative estimate of drug-likeness (QED) is 0.349. The number of rotatable bonds is 6. The van der Waals surface area contributed by atoms with Crippen LogP contribution in [0.4, 0.5) is 11.4 Å². The van der Waals surface area contributed by atoms with E-state index in [1.54, 1.807) is 18.2 Å². The number of hydrogen-bond acceptors (Lipinski definition) is 6. The zero-order valence-corrected chi connectivity index (χ0v) is 14.2. The molecule has 0 heterocycles. The van der Waals surface area contributed by atoms with Gasteiger partial charge in [-0.1, -0.05) is 28.1 Å². The Hall–Kier alpha value is -2.74. The molecule has 24 heavy (non-hydrogen) atoms. The van der Waals surface area contributed by atoms with Crippen LogP contribution in [0.25, 0.3) is 0 Å². The molecule has 0 spiro atoms. The van der Waals surface area contributed by atoms with E-state index >= 15 is 0 Å². The van der Waals surface area contributed by atoms with Gasteiger partial charge in [-0.25, -0.2) is 4.79 Å². The van der Waals surface area contributed by atoms with Gasteiger partial charge in [-0.15, -0.1) is 0 Å². The van der Waals surface area contributed by atoms with Crippen molar-refractivity contribution in [3.8, 4) is 0 Å². The smallest absolute Gasteiger partial charge is 0.340 e. The van der Waals surface area contributed by atoms with Crippen molar-refractivity contribution < 1.29 is 19.2 Å². The molecule has 0 amide bonds. The average molecular weight is 393 g/mol. The van der Waals surface area contributed by atoms with Crippen LogP contribution in [0, 0.1) is 10.1 Å². The van der Waals surface area contributed by atoms with Crippen molar-refractivity contribution in [2.24, 2.45) is 0 Å². The minimum absolute atomic E-state index is 0.0689. The van der Waals surface area contributed by atoms with Crippen molar-refractivity contribution in [2.75, 3.05) is 12.4 Å². The molecule has 8 heteroatoms. The van der Waals surface area contributed by atoms with E-state index in [-0.39, 0.29) is 23.5 Å². The molecular weight excluding hydrogens is 380 g/mol. The lowest BCUT2D eigenvalue weighted by atomic mass is 10.1. The van der Waals surface area contributed by atoms with Crippen molar-refractivity contribution in [1.29, 1.82) is 0 Å². The fourth-order valence-corrected chi connectivity index (χ4v) is 2.48. The Labute approximate surface area is 145 Å². The van der Waals surface area contributed by atoms with Gasteiger partial charge in [0.25, 0.3) is 5.69 Å². The molecule has 124 valence electrons. The van der Waals surface area contributed by atoms with E-state index in [9.17, 15) is 19.7 Å². The second-order valence-electron chi connectivity index (χ2n) is 4.78. The van der Waals surface area contributed by atoms with Gasteiger partial charge in [-0.3, -0.25) is 14.9 Å². The molecule has 0 saturated carbocycles. The molecule has 2 aromatic carbocycles. The predicted octanol–water partition coefficient (Wildman–Crippen LogP) is 3.57. The molecule has 0 fully saturated rings. The van der Waals surface area contributed by atoms with E-state index in [0.717, 1.165) is 5.56 Å². The molecule has 0 atom stereocenters. The number of aldehydes is 1. The summed E-state index contributed by atoms with van der Waals surface area (Å²) in [6.45, 7) is 0.197. The molecule has 0 aliphatic rings. The topological polar surface area (TPSA) is 98.5 Å². The van der Waals surface area contributed by atoms with Crippen LogP contribution < -0.4 is 5.32 Å². The highest BCUT2D eigenvalue weighted by molar-refractivity contribution is 9.10. The molecule has 1 N–H and O–H groups in total. The number of anilines is 1. The van der Waals surface area contributed by atoms with Gasteiger partial charge in [0.2, 0.25) is 0 Å². The number of ether oxygens (including phenoxy) is 1. The highest BCUT2D eigenvalue weighted by Crippen LogP contribution is 2.29. The molecule has 0 aliphatic carbocycles. The lowest BCUT2D eigenvalue weighted by Gasteiger charge is -2.12. The van der Waals surface area contributed by atoms with Gasteiger partial charge in [-0.2, -0.15) is 0 Å². The minimum atomic E-state index is -0.675. The third-order valence-electron chi connectivity index (χ3n) is 3.30. The Balaban J connectivity index is 2.36. The standard InChI is InChI=1S/C16H13BrN2O5/c1-24-16(21)12-3-2-4-14(19(22)23)15(12)18-8-10-5-6-13(17)11(7-10)9-20/h2-7,9,18H,8H2,1H3. The third kappa shape index (κ3) is 3.77. The van der Waals surface area contributed by atoms with Gasteiger partial charge in [-0.05, 0) is 23.8 Å². The van der Waals surface area contributed by atoms with E-state index in [4.69, 9.17) is 0 Å². The number of nitrogens with one attached hydrogen (secondary N) is 1. The fourth-order valence-electron chi connectivity index (χ4n) is 2.14. The number of halogens is 1. The van der Waals surface area contributed by atoms with E-state index in [2.05, 4.69) is 26.0 Å². The van der Waals surface area contributed by atoms with E-state index in [1.165, 1.54) is 25.3 Å². The van der Waals surface area contributed by atoms with Crippen LogP contribution >= 0.6 is 15.9 Å². The lowest BCUT2D eigenvalue weighted by Crippen LogP contribution is -2.10. The number of carbonyl (C=O) groups is 2. The summed E-state index contributed by atoms with van der Waals surface area (Å²) in [6.07, 6.45) is 0.707. The van der Waals surface area contributed by atoms with Crippen LogP contribution in [-0.4, -0.2) is 24.3 Å². The van der Waals surface area contributed by atoms with Gasteiger partial charge in [0.15, 0.2) is 6.29 Å². The van der Waals surface area contributed by atoms with Crippen molar-refractivity contribution in [2.45, 2.75) is 6.54 Å². The largest absolute Gasteiger partial charge is 0.465 e. The number of esters is 1. The molecular formula is C16H13BrN2O5. The fraction of sp³-hybridized carbons (Fsp3) is 0.125. The Bertz CT molecular complexity index is 807. The summed E-state index contributed by atoms with van der Waals surface area (Å²) < 4.78 is 5.32. The highest BCUT2D eigenvalue weighted by atomic mass is 79.9. The minimum Gasteiger partial charge on any atom is -0.465 e. The van der Waals surface area contributed by atoms with Crippen LogP contribution in [0.5, 0.6) is 0 Å². The summed E-state index contributed by atoms with van der Waals surface area (Å²) in [6, 6.07) is 9.28. The van der Waals surface area contributed by atoms with Crippen molar-refractivity contribution in [3.63, 3.8) is 0 Å². The van der Waals surface area contributed by atoms with E-state index in [0.29, 0.717) is 16.3 Å².